The molecule has 5 heteroatoms. The SMILES string of the molecule is COC1(c2nc(CNC(C)(C)C)cc(=O)[nH]2)CCC1. The highest BCUT2D eigenvalue weighted by molar-refractivity contribution is 5.12. The van der Waals surface area contributed by atoms with Crippen LogP contribution in [-0.4, -0.2) is 22.6 Å². The fourth-order valence-electron chi connectivity index (χ4n) is 2.21. The standard InChI is InChI=1S/C14H23N3O2/c1-13(2,3)15-9-10-8-11(18)17-12(16-10)14(19-4)6-5-7-14/h8,15H,5-7,9H2,1-4H3,(H,16,17,18). The predicted molar refractivity (Wildman–Crippen MR) is 74.0 cm³/mol. The molecule has 1 aliphatic rings. The fraction of sp³-hybridized carbons (Fsp3) is 0.714. The van der Waals surface area contributed by atoms with Crippen LogP contribution in [-0.2, 0) is 16.9 Å². The van der Waals surface area contributed by atoms with E-state index in [0.29, 0.717) is 12.4 Å². The van der Waals surface area contributed by atoms with Gasteiger partial charge < -0.3 is 15.0 Å². The molecule has 1 heterocycles. The first kappa shape index (κ1) is 14.2. The van der Waals surface area contributed by atoms with Crippen molar-refractivity contribution in [2.45, 2.75) is 57.7 Å². The first-order valence-corrected chi connectivity index (χ1v) is 6.76. The van der Waals surface area contributed by atoms with Gasteiger partial charge in [0.2, 0.25) is 0 Å². The zero-order valence-corrected chi connectivity index (χ0v) is 12.2. The van der Waals surface area contributed by atoms with Crippen LogP contribution in [0.2, 0.25) is 0 Å². The van der Waals surface area contributed by atoms with Crippen molar-refractivity contribution in [3.63, 3.8) is 0 Å². The molecule has 1 aromatic heterocycles. The monoisotopic (exact) mass is 265 g/mol. The number of aromatic nitrogens is 2. The first-order chi connectivity index (χ1) is 8.85. The van der Waals surface area contributed by atoms with Crippen molar-refractivity contribution in [1.29, 1.82) is 0 Å². The Hall–Kier alpha value is -1.20. The van der Waals surface area contributed by atoms with E-state index >= 15 is 0 Å². The Kier molecular flexibility index (Phi) is 3.78. The molecule has 0 bridgehead atoms. The number of rotatable bonds is 4. The minimum absolute atomic E-state index is 0.000139. The van der Waals surface area contributed by atoms with Gasteiger partial charge in [-0.2, -0.15) is 0 Å². The molecule has 0 aromatic carbocycles. The van der Waals surface area contributed by atoms with E-state index in [1.54, 1.807) is 13.2 Å². The van der Waals surface area contributed by atoms with Gasteiger partial charge in [-0.1, -0.05) is 0 Å². The van der Waals surface area contributed by atoms with E-state index in [0.717, 1.165) is 25.0 Å². The Bertz CT molecular complexity index is 493. The van der Waals surface area contributed by atoms with Gasteiger partial charge in [-0.15, -0.1) is 0 Å². The first-order valence-electron chi connectivity index (χ1n) is 6.76. The molecule has 1 fully saturated rings. The van der Waals surface area contributed by atoms with Crippen LogP contribution in [0.1, 0.15) is 51.6 Å². The average Bonchev–Trinajstić information content (AvgIpc) is 2.24. The number of H-pyrrole nitrogens is 1. The number of hydrogen-bond donors (Lipinski definition) is 2. The van der Waals surface area contributed by atoms with E-state index in [4.69, 9.17) is 4.74 Å². The molecular weight excluding hydrogens is 242 g/mol. The van der Waals surface area contributed by atoms with Gasteiger partial charge in [0, 0.05) is 25.3 Å². The summed E-state index contributed by atoms with van der Waals surface area (Å²) in [7, 11) is 1.68. The molecule has 5 nitrogen and oxygen atoms in total. The van der Waals surface area contributed by atoms with Gasteiger partial charge in [-0.05, 0) is 40.0 Å². The largest absolute Gasteiger partial charge is 0.370 e. The smallest absolute Gasteiger partial charge is 0.251 e. The van der Waals surface area contributed by atoms with Crippen LogP contribution in [0.4, 0.5) is 0 Å². The van der Waals surface area contributed by atoms with E-state index in [9.17, 15) is 4.79 Å². The molecule has 1 aliphatic carbocycles. The quantitative estimate of drug-likeness (QED) is 0.869. The van der Waals surface area contributed by atoms with Crippen LogP contribution in [0, 0.1) is 0 Å². The molecule has 0 radical (unpaired) electrons. The lowest BCUT2D eigenvalue weighted by Gasteiger charge is -2.39. The Morgan fingerprint density at radius 3 is 2.63 bits per heavy atom. The molecule has 1 saturated carbocycles. The maximum Gasteiger partial charge on any atom is 0.251 e. The van der Waals surface area contributed by atoms with Crippen LogP contribution < -0.4 is 10.9 Å². The molecule has 0 saturated heterocycles. The lowest BCUT2D eigenvalue weighted by molar-refractivity contribution is -0.0849. The van der Waals surface area contributed by atoms with Crippen LogP contribution in [0.5, 0.6) is 0 Å². The second-order valence-corrected chi connectivity index (χ2v) is 6.24. The molecule has 1 aromatic rings. The molecule has 0 unspecified atom stereocenters. The average molecular weight is 265 g/mol. The second-order valence-electron chi connectivity index (χ2n) is 6.24. The van der Waals surface area contributed by atoms with Gasteiger partial charge in [0.15, 0.2) is 0 Å². The molecule has 0 spiro atoms. The second kappa shape index (κ2) is 5.06. The Labute approximate surface area is 113 Å². The molecule has 2 N–H and O–H groups in total. The summed E-state index contributed by atoms with van der Waals surface area (Å²) in [6.07, 6.45) is 2.95. The summed E-state index contributed by atoms with van der Waals surface area (Å²) in [6, 6.07) is 1.55. The molecular formula is C14H23N3O2. The van der Waals surface area contributed by atoms with Gasteiger partial charge >= 0.3 is 0 Å². The maximum atomic E-state index is 11.8. The molecule has 0 atom stereocenters. The van der Waals surface area contributed by atoms with Crippen LogP contribution in [0.3, 0.4) is 0 Å². The van der Waals surface area contributed by atoms with Crippen LogP contribution >= 0.6 is 0 Å². The predicted octanol–water partition coefficient (Wildman–Crippen LogP) is 1.68. The number of ether oxygens (including phenoxy) is 1. The highest BCUT2D eigenvalue weighted by atomic mass is 16.5. The summed E-state index contributed by atoms with van der Waals surface area (Å²) in [4.78, 5) is 19.1. The van der Waals surface area contributed by atoms with E-state index in [2.05, 4.69) is 36.1 Å². The third-order valence-corrected chi connectivity index (χ3v) is 3.58. The summed E-state index contributed by atoms with van der Waals surface area (Å²) in [5.41, 5.74) is 0.271. The van der Waals surface area contributed by atoms with Crippen molar-refractivity contribution in [2.75, 3.05) is 7.11 Å². The summed E-state index contributed by atoms with van der Waals surface area (Å²) in [5.74, 6) is 0.666. The third-order valence-electron chi connectivity index (χ3n) is 3.58. The highest BCUT2D eigenvalue weighted by Crippen LogP contribution is 2.42. The number of methoxy groups -OCH3 is 1. The number of nitrogens with zero attached hydrogens (tertiary/aromatic N) is 1. The van der Waals surface area contributed by atoms with Crippen LogP contribution in [0.15, 0.2) is 10.9 Å². The van der Waals surface area contributed by atoms with Crippen molar-refractivity contribution < 1.29 is 4.74 Å². The summed E-state index contributed by atoms with van der Waals surface area (Å²) in [6.45, 7) is 6.84. The Morgan fingerprint density at radius 2 is 2.16 bits per heavy atom. The number of aromatic amines is 1. The van der Waals surface area contributed by atoms with Crippen LogP contribution in [0.25, 0.3) is 0 Å². The topological polar surface area (TPSA) is 67.0 Å². The number of nitrogens with one attached hydrogen (secondary N) is 2. The maximum absolute atomic E-state index is 11.8. The minimum atomic E-state index is -0.378. The summed E-state index contributed by atoms with van der Waals surface area (Å²) < 4.78 is 5.56. The van der Waals surface area contributed by atoms with E-state index in [-0.39, 0.29) is 16.7 Å². The lowest BCUT2D eigenvalue weighted by Crippen LogP contribution is -2.40. The third kappa shape index (κ3) is 3.22. The normalized spacial score (nSPS) is 18.1. The molecule has 0 aliphatic heterocycles. The summed E-state index contributed by atoms with van der Waals surface area (Å²) in [5, 5.41) is 3.34. The molecule has 2 rings (SSSR count). The minimum Gasteiger partial charge on any atom is -0.370 e. The van der Waals surface area contributed by atoms with Gasteiger partial charge in [0.1, 0.15) is 11.4 Å². The van der Waals surface area contributed by atoms with Crippen molar-refractivity contribution in [3.05, 3.63) is 27.9 Å². The van der Waals surface area contributed by atoms with Crippen molar-refractivity contribution in [3.8, 4) is 0 Å². The fourth-order valence-corrected chi connectivity index (χ4v) is 2.21. The van der Waals surface area contributed by atoms with E-state index < -0.39 is 0 Å². The molecule has 0 amide bonds. The van der Waals surface area contributed by atoms with Gasteiger partial charge in [-0.25, -0.2) is 4.98 Å². The van der Waals surface area contributed by atoms with Crippen molar-refractivity contribution >= 4 is 0 Å². The van der Waals surface area contributed by atoms with E-state index in [1.807, 2.05) is 0 Å². The number of hydrogen-bond acceptors (Lipinski definition) is 4. The van der Waals surface area contributed by atoms with Gasteiger partial charge in [0.05, 0.1) is 5.69 Å². The summed E-state index contributed by atoms with van der Waals surface area (Å²) >= 11 is 0. The van der Waals surface area contributed by atoms with E-state index in [1.165, 1.54) is 0 Å². The van der Waals surface area contributed by atoms with Crippen molar-refractivity contribution in [1.82, 2.24) is 15.3 Å². The highest BCUT2D eigenvalue weighted by Gasteiger charge is 2.41. The Balaban J connectivity index is 2.22. The zero-order valence-electron chi connectivity index (χ0n) is 12.2. The van der Waals surface area contributed by atoms with Gasteiger partial charge in [0.25, 0.3) is 5.56 Å². The van der Waals surface area contributed by atoms with Gasteiger partial charge in [-0.3, -0.25) is 4.79 Å². The lowest BCUT2D eigenvalue weighted by atomic mass is 9.79. The molecule has 106 valence electrons. The Morgan fingerprint density at radius 1 is 1.47 bits per heavy atom. The molecule has 19 heavy (non-hydrogen) atoms. The zero-order chi connectivity index (χ0) is 14.1. The van der Waals surface area contributed by atoms with Crippen molar-refractivity contribution in [2.24, 2.45) is 0 Å².